The molecule has 0 bridgehead atoms. The molecule has 1 atom stereocenters. The summed E-state index contributed by atoms with van der Waals surface area (Å²) in [7, 11) is 1.39. The Hall–Kier alpha value is -1.55. The molecule has 1 aromatic carbocycles. The van der Waals surface area contributed by atoms with Gasteiger partial charge in [-0.2, -0.15) is 0 Å². The lowest BCUT2D eigenvalue weighted by molar-refractivity contribution is -0.149. The summed E-state index contributed by atoms with van der Waals surface area (Å²) in [6.45, 7) is 1.21. The minimum Gasteiger partial charge on any atom is -0.469 e. The maximum Gasteiger partial charge on any atom is 0.310 e. The first-order chi connectivity index (χ1) is 10.1. The molecule has 0 N–H and O–H groups in total. The number of carbonyl (C=O) groups is 2. The highest BCUT2D eigenvalue weighted by molar-refractivity contribution is 6.30. The van der Waals surface area contributed by atoms with Crippen molar-refractivity contribution in [2.75, 3.05) is 20.2 Å². The van der Waals surface area contributed by atoms with E-state index >= 15 is 0 Å². The lowest BCUT2D eigenvalue weighted by Crippen LogP contribution is -2.42. The van der Waals surface area contributed by atoms with Gasteiger partial charge in [0.15, 0.2) is 0 Å². The van der Waals surface area contributed by atoms with Crippen LogP contribution in [-0.4, -0.2) is 37.0 Å². The minimum atomic E-state index is -0.217. The number of benzene rings is 1. The predicted molar refractivity (Wildman–Crippen MR) is 81.1 cm³/mol. The summed E-state index contributed by atoms with van der Waals surface area (Å²) in [5.74, 6) is -0.299. The molecule has 1 aromatic rings. The maximum absolute atomic E-state index is 12.2. The molecule has 0 aromatic heterocycles. The number of likely N-dealkylation sites (tertiary alicyclic amines) is 1. The topological polar surface area (TPSA) is 46.6 Å². The number of ether oxygens (including phenoxy) is 1. The van der Waals surface area contributed by atoms with Gasteiger partial charge in [0.2, 0.25) is 5.91 Å². The van der Waals surface area contributed by atoms with Gasteiger partial charge in [-0.05, 0) is 37.0 Å². The molecule has 5 heteroatoms. The fourth-order valence-corrected chi connectivity index (χ4v) is 2.75. The van der Waals surface area contributed by atoms with Gasteiger partial charge in [0, 0.05) is 24.5 Å². The van der Waals surface area contributed by atoms with Crippen LogP contribution in [0.4, 0.5) is 0 Å². The van der Waals surface area contributed by atoms with E-state index < -0.39 is 0 Å². The molecule has 1 heterocycles. The molecule has 21 heavy (non-hydrogen) atoms. The van der Waals surface area contributed by atoms with E-state index in [2.05, 4.69) is 0 Å². The fourth-order valence-electron chi connectivity index (χ4n) is 2.62. The van der Waals surface area contributed by atoms with Crippen molar-refractivity contribution >= 4 is 23.5 Å². The SMILES string of the molecule is COC(=O)C1CCCN(C(=O)CCc2ccc(Cl)cc2)C1. The van der Waals surface area contributed by atoms with Crippen LogP contribution in [0.2, 0.25) is 5.02 Å². The molecular weight excluding hydrogens is 290 g/mol. The van der Waals surface area contributed by atoms with E-state index in [1.165, 1.54) is 7.11 Å². The van der Waals surface area contributed by atoms with Gasteiger partial charge in [-0.15, -0.1) is 0 Å². The fraction of sp³-hybridized carbons (Fsp3) is 0.500. The summed E-state index contributed by atoms with van der Waals surface area (Å²) < 4.78 is 4.77. The average Bonchev–Trinajstić information content (AvgIpc) is 2.53. The first kappa shape index (κ1) is 15.8. The van der Waals surface area contributed by atoms with Crippen molar-refractivity contribution in [3.05, 3.63) is 34.9 Å². The Bertz CT molecular complexity index is 501. The molecular formula is C16H20ClNO3. The van der Waals surface area contributed by atoms with Crippen LogP contribution in [-0.2, 0) is 20.7 Å². The summed E-state index contributed by atoms with van der Waals surface area (Å²) in [6.07, 6.45) is 2.80. The predicted octanol–water partition coefficient (Wildman–Crippen LogP) is 2.68. The zero-order valence-electron chi connectivity index (χ0n) is 12.2. The number of aryl methyl sites for hydroxylation is 1. The Kier molecular flexibility index (Phi) is 5.62. The molecule has 0 spiro atoms. The van der Waals surface area contributed by atoms with Crippen molar-refractivity contribution in [2.24, 2.45) is 5.92 Å². The second-order valence-corrected chi connectivity index (χ2v) is 5.76. The van der Waals surface area contributed by atoms with E-state index in [9.17, 15) is 9.59 Å². The van der Waals surface area contributed by atoms with E-state index in [1.807, 2.05) is 24.3 Å². The Morgan fingerprint density at radius 1 is 1.33 bits per heavy atom. The molecule has 114 valence electrons. The number of halogens is 1. The van der Waals surface area contributed by atoms with Crippen LogP contribution in [0.5, 0.6) is 0 Å². The second-order valence-electron chi connectivity index (χ2n) is 5.33. The maximum atomic E-state index is 12.2. The molecule has 0 saturated carbocycles. The largest absolute Gasteiger partial charge is 0.469 e. The van der Waals surface area contributed by atoms with Crippen molar-refractivity contribution in [1.29, 1.82) is 0 Å². The van der Waals surface area contributed by atoms with Crippen LogP contribution in [0.15, 0.2) is 24.3 Å². The van der Waals surface area contributed by atoms with Gasteiger partial charge in [0.25, 0.3) is 0 Å². The van der Waals surface area contributed by atoms with Crippen LogP contribution in [0.25, 0.3) is 0 Å². The standard InChI is InChI=1S/C16H20ClNO3/c1-21-16(20)13-3-2-10-18(11-13)15(19)9-6-12-4-7-14(17)8-5-12/h4-5,7-8,13H,2-3,6,9-11H2,1H3. The molecule has 1 unspecified atom stereocenters. The zero-order chi connectivity index (χ0) is 15.2. The zero-order valence-corrected chi connectivity index (χ0v) is 12.9. The summed E-state index contributed by atoms with van der Waals surface area (Å²) in [5.41, 5.74) is 1.09. The van der Waals surface area contributed by atoms with Gasteiger partial charge in [0.05, 0.1) is 13.0 Å². The Labute approximate surface area is 130 Å². The number of piperidine rings is 1. The highest BCUT2D eigenvalue weighted by atomic mass is 35.5. The van der Waals surface area contributed by atoms with Crippen LogP contribution in [0, 0.1) is 5.92 Å². The van der Waals surface area contributed by atoms with Crippen LogP contribution < -0.4 is 0 Å². The van der Waals surface area contributed by atoms with E-state index in [0.717, 1.165) is 24.9 Å². The second kappa shape index (κ2) is 7.46. The normalized spacial score (nSPS) is 18.4. The third kappa shape index (κ3) is 4.46. The number of hydrogen-bond acceptors (Lipinski definition) is 3. The van der Waals surface area contributed by atoms with Gasteiger partial charge in [0.1, 0.15) is 0 Å². The number of esters is 1. The number of rotatable bonds is 4. The lowest BCUT2D eigenvalue weighted by Gasteiger charge is -2.31. The molecule has 1 amide bonds. The lowest BCUT2D eigenvalue weighted by atomic mass is 9.97. The number of methoxy groups -OCH3 is 1. The van der Waals surface area contributed by atoms with E-state index in [0.29, 0.717) is 24.4 Å². The number of hydrogen-bond donors (Lipinski definition) is 0. The average molecular weight is 310 g/mol. The Balaban J connectivity index is 1.85. The van der Waals surface area contributed by atoms with E-state index in [1.54, 1.807) is 4.90 Å². The third-order valence-corrected chi connectivity index (χ3v) is 4.10. The van der Waals surface area contributed by atoms with Gasteiger partial charge in [-0.1, -0.05) is 23.7 Å². The molecule has 1 fully saturated rings. The van der Waals surface area contributed by atoms with Gasteiger partial charge in [-0.3, -0.25) is 9.59 Å². The monoisotopic (exact) mass is 309 g/mol. The molecule has 1 saturated heterocycles. The van der Waals surface area contributed by atoms with Crippen molar-refractivity contribution < 1.29 is 14.3 Å². The number of carbonyl (C=O) groups excluding carboxylic acids is 2. The number of amides is 1. The smallest absolute Gasteiger partial charge is 0.310 e. The first-order valence-electron chi connectivity index (χ1n) is 7.20. The molecule has 1 aliphatic heterocycles. The van der Waals surface area contributed by atoms with Crippen LogP contribution in [0.1, 0.15) is 24.8 Å². The van der Waals surface area contributed by atoms with E-state index in [-0.39, 0.29) is 17.8 Å². The van der Waals surface area contributed by atoms with Gasteiger partial charge in [-0.25, -0.2) is 0 Å². The van der Waals surface area contributed by atoms with Crippen LogP contribution >= 0.6 is 11.6 Å². The quantitative estimate of drug-likeness (QED) is 0.803. The van der Waals surface area contributed by atoms with Crippen molar-refractivity contribution in [2.45, 2.75) is 25.7 Å². The Morgan fingerprint density at radius 2 is 2.05 bits per heavy atom. The molecule has 1 aliphatic rings. The summed E-state index contributed by atoms with van der Waals surface area (Å²) in [6, 6.07) is 7.53. The van der Waals surface area contributed by atoms with Crippen LogP contribution in [0.3, 0.4) is 0 Å². The molecule has 0 radical (unpaired) electrons. The highest BCUT2D eigenvalue weighted by Crippen LogP contribution is 2.19. The van der Waals surface area contributed by atoms with Crippen molar-refractivity contribution in [3.8, 4) is 0 Å². The molecule has 0 aliphatic carbocycles. The highest BCUT2D eigenvalue weighted by Gasteiger charge is 2.28. The molecule has 4 nitrogen and oxygen atoms in total. The van der Waals surface area contributed by atoms with Gasteiger partial charge < -0.3 is 9.64 Å². The summed E-state index contributed by atoms with van der Waals surface area (Å²) in [4.78, 5) is 25.6. The number of nitrogens with zero attached hydrogens (tertiary/aromatic N) is 1. The van der Waals surface area contributed by atoms with E-state index in [4.69, 9.17) is 16.3 Å². The molecule has 2 rings (SSSR count). The van der Waals surface area contributed by atoms with Crippen molar-refractivity contribution in [1.82, 2.24) is 4.90 Å². The summed E-state index contributed by atoms with van der Waals surface area (Å²) >= 11 is 5.84. The summed E-state index contributed by atoms with van der Waals surface area (Å²) in [5, 5.41) is 0.696. The van der Waals surface area contributed by atoms with Gasteiger partial charge >= 0.3 is 5.97 Å². The first-order valence-corrected chi connectivity index (χ1v) is 7.58. The third-order valence-electron chi connectivity index (χ3n) is 3.85. The Morgan fingerprint density at radius 3 is 2.71 bits per heavy atom. The van der Waals surface area contributed by atoms with Crippen molar-refractivity contribution in [3.63, 3.8) is 0 Å². The minimum absolute atomic E-state index is 0.0959.